The number of ether oxygens (including phenoxy) is 4. The van der Waals surface area contributed by atoms with Crippen LogP contribution in [0.2, 0.25) is 0 Å². The maximum absolute atomic E-state index is 13.1. The van der Waals surface area contributed by atoms with Gasteiger partial charge in [0.05, 0.1) is 45.7 Å². The summed E-state index contributed by atoms with van der Waals surface area (Å²) in [5, 5.41) is 18.8. The number of nitrogens with one attached hydrogen (secondary N) is 2. The van der Waals surface area contributed by atoms with Crippen LogP contribution in [0.5, 0.6) is 11.5 Å². The molecule has 1 saturated heterocycles. The maximum atomic E-state index is 13.1. The zero-order valence-electron chi connectivity index (χ0n) is 28.9. The van der Waals surface area contributed by atoms with Crippen LogP contribution in [0, 0.1) is 11.8 Å². The lowest BCUT2D eigenvalue weighted by atomic mass is 9.80. The van der Waals surface area contributed by atoms with E-state index in [-0.39, 0.29) is 24.0 Å². The van der Waals surface area contributed by atoms with Gasteiger partial charge in [0.25, 0.3) is 10.9 Å². The van der Waals surface area contributed by atoms with Crippen LogP contribution in [0.1, 0.15) is 69.1 Å². The molecular formula is C38H53N3O7. The van der Waals surface area contributed by atoms with E-state index in [2.05, 4.69) is 22.8 Å². The minimum atomic E-state index is -0.802. The van der Waals surface area contributed by atoms with Gasteiger partial charge in [0.15, 0.2) is 0 Å². The van der Waals surface area contributed by atoms with Crippen LogP contribution in [0.15, 0.2) is 58.1 Å². The van der Waals surface area contributed by atoms with Gasteiger partial charge in [0.2, 0.25) is 0 Å². The Morgan fingerprint density at radius 2 is 1.56 bits per heavy atom. The number of rotatable bonds is 17. The first-order chi connectivity index (χ1) is 23.3. The maximum Gasteiger partial charge on any atom is 0.253 e. The quantitative estimate of drug-likeness (QED) is 0.137. The molecule has 5 atom stereocenters. The van der Waals surface area contributed by atoms with Crippen LogP contribution in [-0.4, -0.2) is 70.9 Å². The van der Waals surface area contributed by atoms with Crippen molar-refractivity contribution >= 4 is 11.4 Å². The standard InChI is InChI=1S/C38H53N3O7/c1-25(35(42)32(27-12-7-5-8-13-27)39-23-26-20-30(46-3)22-31(21-26)47-4)40-33-34(37(44)36(33)43)41-17-11-16-29(24-41)38(48-19-18-45-2)28-14-9-6-10-15-28/h6,9-10,14-15,20-22,25,27,29,32,35,38-40,42H,5,7-8,11-13,16-19,23-24H2,1-4H3. The zero-order valence-corrected chi connectivity index (χ0v) is 28.9. The van der Waals surface area contributed by atoms with E-state index >= 15 is 0 Å². The first-order valence-electron chi connectivity index (χ1n) is 17.5. The number of benzene rings is 2. The minimum absolute atomic E-state index is 0.133. The van der Waals surface area contributed by atoms with Gasteiger partial charge in [-0.3, -0.25) is 9.59 Å². The summed E-state index contributed by atoms with van der Waals surface area (Å²) in [4.78, 5) is 28.2. The Morgan fingerprint density at radius 3 is 2.23 bits per heavy atom. The number of piperidine rings is 1. The summed E-state index contributed by atoms with van der Waals surface area (Å²) in [6.45, 7) is 4.66. The van der Waals surface area contributed by atoms with E-state index in [0.717, 1.165) is 49.7 Å². The van der Waals surface area contributed by atoms with Crippen LogP contribution in [0.3, 0.4) is 0 Å². The molecule has 10 nitrogen and oxygen atoms in total. The summed E-state index contributed by atoms with van der Waals surface area (Å²) in [7, 11) is 4.92. The van der Waals surface area contributed by atoms with E-state index in [4.69, 9.17) is 18.9 Å². The highest BCUT2D eigenvalue weighted by Crippen LogP contribution is 2.36. The molecule has 2 aliphatic rings. The molecule has 0 radical (unpaired) electrons. The molecule has 10 heteroatoms. The Kier molecular flexibility index (Phi) is 12.9. The van der Waals surface area contributed by atoms with Crippen molar-refractivity contribution in [3.8, 4) is 11.5 Å². The van der Waals surface area contributed by atoms with Crippen LogP contribution in [-0.2, 0) is 16.0 Å². The molecule has 1 aliphatic carbocycles. The molecule has 1 aliphatic heterocycles. The van der Waals surface area contributed by atoms with Gasteiger partial charge in [-0.15, -0.1) is 0 Å². The average Bonchev–Trinajstić information content (AvgIpc) is 3.13. The van der Waals surface area contributed by atoms with Crippen molar-refractivity contribution in [2.45, 2.75) is 82.7 Å². The van der Waals surface area contributed by atoms with Crippen molar-refractivity contribution in [3.05, 3.63) is 80.1 Å². The van der Waals surface area contributed by atoms with Crippen LogP contribution in [0.25, 0.3) is 0 Å². The Bertz CT molecular complexity index is 1480. The fourth-order valence-corrected chi connectivity index (χ4v) is 7.57. The highest BCUT2D eigenvalue weighted by atomic mass is 16.5. The first-order valence-corrected chi connectivity index (χ1v) is 17.5. The summed E-state index contributed by atoms with van der Waals surface area (Å²) >= 11 is 0. The van der Waals surface area contributed by atoms with E-state index in [1.165, 1.54) is 6.42 Å². The normalized spacial score (nSPS) is 19.9. The number of hydrogen-bond donors (Lipinski definition) is 3. The number of hydrogen-bond acceptors (Lipinski definition) is 10. The minimum Gasteiger partial charge on any atom is -0.497 e. The van der Waals surface area contributed by atoms with E-state index in [0.29, 0.717) is 55.7 Å². The fourth-order valence-electron chi connectivity index (χ4n) is 7.57. The highest BCUT2D eigenvalue weighted by Gasteiger charge is 2.37. The largest absolute Gasteiger partial charge is 0.497 e. The molecule has 1 heterocycles. The summed E-state index contributed by atoms with van der Waals surface area (Å²) in [5.74, 6) is 1.84. The Balaban J connectivity index is 1.31. The van der Waals surface area contributed by atoms with Crippen LogP contribution < -0.4 is 35.9 Å². The summed E-state index contributed by atoms with van der Waals surface area (Å²) in [5.41, 5.74) is 1.83. The number of aliphatic hydroxyl groups excluding tert-OH is 1. The van der Waals surface area contributed by atoms with Crippen molar-refractivity contribution in [1.82, 2.24) is 5.32 Å². The van der Waals surface area contributed by atoms with Gasteiger partial charge in [-0.05, 0) is 61.8 Å². The lowest BCUT2D eigenvalue weighted by Crippen LogP contribution is -2.54. The van der Waals surface area contributed by atoms with Gasteiger partial charge in [-0.1, -0.05) is 49.6 Å². The SMILES string of the molecule is COCCOC(c1ccccc1)C1CCCN(c2c(NC(C)C(O)C(NCc3cc(OC)cc(OC)c3)C3CCCCC3)c(=O)c2=O)C1. The lowest BCUT2D eigenvalue weighted by molar-refractivity contribution is -0.0181. The average molecular weight is 664 g/mol. The number of aliphatic hydroxyl groups is 1. The smallest absolute Gasteiger partial charge is 0.253 e. The van der Waals surface area contributed by atoms with E-state index in [1.54, 1.807) is 21.3 Å². The third-order valence-electron chi connectivity index (χ3n) is 10.2. The molecule has 262 valence electrons. The third kappa shape index (κ3) is 8.58. The van der Waals surface area contributed by atoms with E-state index in [1.807, 2.05) is 48.2 Å². The highest BCUT2D eigenvalue weighted by molar-refractivity contribution is 5.75. The van der Waals surface area contributed by atoms with Gasteiger partial charge < -0.3 is 39.6 Å². The van der Waals surface area contributed by atoms with Crippen LogP contribution in [0.4, 0.5) is 11.4 Å². The van der Waals surface area contributed by atoms with Crippen molar-refractivity contribution in [2.75, 3.05) is 57.8 Å². The Hall–Kier alpha value is -3.44. The molecule has 3 aromatic carbocycles. The Morgan fingerprint density at radius 1 is 0.875 bits per heavy atom. The predicted octanol–water partition coefficient (Wildman–Crippen LogP) is 4.82. The molecule has 0 amide bonds. The molecule has 0 spiro atoms. The molecule has 2 fully saturated rings. The van der Waals surface area contributed by atoms with Crippen molar-refractivity contribution in [3.63, 3.8) is 0 Å². The monoisotopic (exact) mass is 663 g/mol. The first kappa shape index (κ1) is 35.9. The summed E-state index contributed by atoms with van der Waals surface area (Å²) in [6.07, 6.45) is 6.38. The molecule has 5 unspecified atom stereocenters. The van der Waals surface area contributed by atoms with E-state index < -0.39 is 23.0 Å². The fraction of sp³-hybridized carbons (Fsp3) is 0.579. The number of nitrogens with zero attached hydrogens (tertiary/aromatic N) is 1. The van der Waals surface area contributed by atoms with Gasteiger partial charge in [-0.2, -0.15) is 0 Å². The third-order valence-corrected chi connectivity index (χ3v) is 10.2. The zero-order chi connectivity index (χ0) is 34.0. The van der Waals surface area contributed by atoms with Crippen molar-refractivity contribution in [2.24, 2.45) is 11.8 Å². The second kappa shape index (κ2) is 17.3. The van der Waals surface area contributed by atoms with Gasteiger partial charge in [-0.25, -0.2) is 0 Å². The van der Waals surface area contributed by atoms with Crippen LogP contribution >= 0.6 is 0 Å². The summed E-state index contributed by atoms with van der Waals surface area (Å²) in [6, 6.07) is 15.2. The molecule has 3 N–H and O–H groups in total. The molecular weight excluding hydrogens is 610 g/mol. The lowest BCUT2D eigenvalue weighted by Gasteiger charge is -2.40. The number of methoxy groups -OCH3 is 3. The van der Waals surface area contributed by atoms with Gasteiger partial charge in [0.1, 0.15) is 22.9 Å². The second-order valence-electron chi connectivity index (χ2n) is 13.4. The molecule has 0 aromatic heterocycles. The van der Waals surface area contributed by atoms with E-state index in [9.17, 15) is 14.7 Å². The molecule has 1 saturated carbocycles. The molecule has 3 aromatic rings. The molecule has 5 rings (SSSR count). The molecule has 48 heavy (non-hydrogen) atoms. The van der Waals surface area contributed by atoms with Gasteiger partial charge in [0, 0.05) is 44.8 Å². The van der Waals surface area contributed by atoms with Gasteiger partial charge >= 0.3 is 0 Å². The predicted molar refractivity (Wildman–Crippen MR) is 189 cm³/mol. The Labute approximate surface area is 284 Å². The number of anilines is 2. The summed E-state index contributed by atoms with van der Waals surface area (Å²) < 4.78 is 22.5. The molecule has 0 bridgehead atoms. The second-order valence-corrected chi connectivity index (χ2v) is 13.4. The topological polar surface area (TPSA) is 119 Å². The van der Waals surface area contributed by atoms with Crippen molar-refractivity contribution in [1.29, 1.82) is 0 Å². The van der Waals surface area contributed by atoms with Crippen molar-refractivity contribution < 1.29 is 24.1 Å².